The predicted octanol–water partition coefficient (Wildman–Crippen LogP) is 2.82. The summed E-state index contributed by atoms with van der Waals surface area (Å²) in [5.74, 6) is -1.89. The zero-order valence-electron chi connectivity index (χ0n) is 10.4. The van der Waals surface area contributed by atoms with Gasteiger partial charge in [0.2, 0.25) is 0 Å². The maximum absolute atomic E-state index is 13.2. The largest absolute Gasteiger partial charge is 0.480 e. The monoisotopic (exact) mass is 332 g/mol. The van der Waals surface area contributed by atoms with Crippen LogP contribution in [0.1, 0.15) is 13.8 Å². The summed E-state index contributed by atoms with van der Waals surface area (Å²) in [6.45, 7) is 3.36. The van der Waals surface area contributed by atoms with E-state index in [1.54, 1.807) is 13.8 Å². The molecule has 1 aromatic carbocycles. The summed E-state index contributed by atoms with van der Waals surface area (Å²) in [6.07, 6.45) is 0. The second kappa shape index (κ2) is 6.51. The van der Waals surface area contributed by atoms with Crippen molar-refractivity contribution >= 4 is 33.6 Å². The molecule has 1 rings (SSSR count). The number of hydrogen-bond donors (Lipinski definition) is 3. The summed E-state index contributed by atoms with van der Waals surface area (Å²) in [4.78, 5) is 22.5. The van der Waals surface area contributed by atoms with Crippen LogP contribution in [0, 0.1) is 11.7 Å². The molecule has 0 spiro atoms. The molecule has 0 unspecified atom stereocenters. The molecule has 7 heteroatoms. The van der Waals surface area contributed by atoms with Crippen LogP contribution >= 0.6 is 15.9 Å². The second-order valence-electron chi connectivity index (χ2n) is 4.29. The lowest BCUT2D eigenvalue weighted by molar-refractivity contribution is -0.140. The third-order valence-electron chi connectivity index (χ3n) is 2.40. The first-order chi connectivity index (χ1) is 8.81. The minimum atomic E-state index is -1.12. The van der Waals surface area contributed by atoms with Crippen molar-refractivity contribution < 1.29 is 19.1 Å². The number of benzene rings is 1. The summed E-state index contributed by atoms with van der Waals surface area (Å²) in [7, 11) is 0. The molecule has 0 saturated carbocycles. The third kappa shape index (κ3) is 4.51. The number of carboxylic acid groups (broad SMARTS) is 1. The molecule has 5 nitrogen and oxygen atoms in total. The van der Waals surface area contributed by atoms with Gasteiger partial charge in [0.25, 0.3) is 0 Å². The van der Waals surface area contributed by atoms with Crippen molar-refractivity contribution in [2.45, 2.75) is 19.9 Å². The van der Waals surface area contributed by atoms with E-state index >= 15 is 0 Å². The Labute approximate surface area is 118 Å². The van der Waals surface area contributed by atoms with Crippen LogP contribution in [0.4, 0.5) is 14.9 Å². The minimum Gasteiger partial charge on any atom is -0.480 e. The van der Waals surface area contributed by atoms with E-state index in [9.17, 15) is 14.0 Å². The third-order valence-corrected chi connectivity index (χ3v) is 3.04. The van der Waals surface area contributed by atoms with Gasteiger partial charge in [-0.15, -0.1) is 0 Å². The zero-order chi connectivity index (χ0) is 14.6. The van der Waals surface area contributed by atoms with Crippen LogP contribution in [0.3, 0.4) is 0 Å². The van der Waals surface area contributed by atoms with Gasteiger partial charge in [0.15, 0.2) is 0 Å². The van der Waals surface area contributed by atoms with E-state index in [0.717, 1.165) is 6.07 Å². The number of hydrogen-bond acceptors (Lipinski definition) is 2. The van der Waals surface area contributed by atoms with Crippen molar-refractivity contribution in [3.63, 3.8) is 0 Å². The maximum Gasteiger partial charge on any atom is 0.326 e. The second-order valence-corrected chi connectivity index (χ2v) is 5.14. The van der Waals surface area contributed by atoms with Gasteiger partial charge >= 0.3 is 12.0 Å². The number of anilines is 1. The molecular formula is C12H14BrFN2O3. The van der Waals surface area contributed by atoms with Crippen LogP contribution < -0.4 is 10.6 Å². The lowest BCUT2D eigenvalue weighted by Gasteiger charge is -2.18. The molecule has 0 fully saturated rings. The van der Waals surface area contributed by atoms with Gasteiger partial charge in [-0.2, -0.15) is 0 Å². The fraction of sp³-hybridized carbons (Fsp3) is 0.333. The van der Waals surface area contributed by atoms with Crippen LogP contribution in [0.5, 0.6) is 0 Å². The van der Waals surface area contributed by atoms with E-state index < -0.39 is 23.9 Å². The quantitative estimate of drug-likeness (QED) is 0.793. The summed E-state index contributed by atoms with van der Waals surface area (Å²) in [5, 5.41) is 13.6. The first kappa shape index (κ1) is 15.4. The van der Waals surface area contributed by atoms with E-state index in [4.69, 9.17) is 5.11 Å². The summed E-state index contributed by atoms with van der Waals surface area (Å²) < 4.78 is 13.5. The normalized spacial score (nSPS) is 12.1. The number of halogens is 2. The van der Waals surface area contributed by atoms with Gasteiger partial charge in [-0.1, -0.05) is 13.8 Å². The molecule has 0 aromatic heterocycles. The van der Waals surface area contributed by atoms with Gasteiger partial charge in [-0.25, -0.2) is 14.0 Å². The highest BCUT2D eigenvalue weighted by Gasteiger charge is 2.23. The first-order valence-corrected chi connectivity index (χ1v) is 6.36. The van der Waals surface area contributed by atoms with E-state index in [0.29, 0.717) is 0 Å². The van der Waals surface area contributed by atoms with Crippen LogP contribution in [-0.4, -0.2) is 23.1 Å². The van der Waals surface area contributed by atoms with Gasteiger partial charge in [0.1, 0.15) is 11.9 Å². The van der Waals surface area contributed by atoms with Gasteiger partial charge < -0.3 is 15.7 Å². The first-order valence-electron chi connectivity index (χ1n) is 5.56. The van der Waals surface area contributed by atoms with Gasteiger partial charge in [-0.05, 0) is 40.0 Å². The van der Waals surface area contributed by atoms with Crippen LogP contribution in [0.15, 0.2) is 22.7 Å². The number of rotatable bonds is 4. The SMILES string of the molecule is CC(C)[C@@H](NC(=O)Nc1ccc(Br)c(F)c1)C(=O)O. The van der Waals surface area contributed by atoms with E-state index in [1.165, 1.54) is 12.1 Å². The van der Waals surface area contributed by atoms with Crippen molar-refractivity contribution in [1.29, 1.82) is 0 Å². The summed E-state index contributed by atoms with van der Waals surface area (Å²) in [6, 6.07) is 2.39. The van der Waals surface area contributed by atoms with Crippen LogP contribution in [0.2, 0.25) is 0 Å². The van der Waals surface area contributed by atoms with Crippen molar-refractivity contribution in [3.05, 3.63) is 28.5 Å². The Morgan fingerprint density at radius 2 is 2.00 bits per heavy atom. The highest BCUT2D eigenvalue weighted by molar-refractivity contribution is 9.10. The van der Waals surface area contributed by atoms with E-state index in [2.05, 4.69) is 26.6 Å². The van der Waals surface area contributed by atoms with Gasteiger partial charge in [0, 0.05) is 5.69 Å². The van der Waals surface area contributed by atoms with Crippen molar-refractivity contribution in [2.75, 3.05) is 5.32 Å². The lowest BCUT2D eigenvalue weighted by atomic mass is 10.1. The highest BCUT2D eigenvalue weighted by atomic mass is 79.9. The predicted molar refractivity (Wildman–Crippen MR) is 72.5 cm³/mol. The molecule has 0 aliphatic rings. The maximum atomic E-state index is 13.2. The Morgan fingerprint density at radius 1 is 1.37 bits per heavy atom. The van der Waals surface area contributed by atoms with Crippen molar-refractivity contribution in [1.82, 2.24) is 5.32 Å². The average Bonchev–Trinajstić information content (AvgIpc) is 2.30. The van der Waals surface area contributed by atoms with Crippen molar-refractivity contribution in [2.24, 2.45) is 5.92 Å². The number of aliphatic carboxylic acids is 1. The number of amides is 2. The minimum absolute atomic E-state index is 0.242. The molecule has 2 amide bonds. The number of nitrogens with one attached hydrogen (secondary N) is 2. The molecule has 0 radical (unpaired) electrons. The van der Waals surface area contributed by atoms with Gasteiger partial charge in [-0.3, -0.25) is 0 Å². The van der Waals surface area contributed by atoms with Crippen LogP contribution in [0.25, 0.3) is 0 Å². The Morgan fingerprint density at radius 3 is 2.47 bits per heavy atom. The smallest absolute Gasteiger partial charge is 0.326 e. The molecule has 1 aromatic rings. The van der Waals surface area contributed by atoms with Crippen LogP contribution in [-0.2, 0) is 4.79 Å². The topological polar surface area (TPSA) is 78.4 Å². The molecule has 0 heterocycles. The molecular weight excluding hydrogens is 319 g/mol. The Balaban J connectivity index is 2.69. The molecule has 0 aliphatic carbocycles. The zero-order valence-corrected chi connectivity index (χ0v) is 12.0. The molecule has 1 atom stereocenters. The molecule has 3 N–H and O–H groups in total. The van der Waals surface area contributed by atoms with E-state index in [-0.39, 0.29) is 16.1 Å². The number of carboxylic acids is 1. The molecule has 19 heavy (non-hydrogen) atoms. The fourth-order valence-corrected chi connectivity index (χ4v) is 1.64. The fourth-order valence-electron chi connectivity index (χ4n) is 1.40. The highest BCUT2D eigenvalue weighted by Crippen LogP contribution is 2.19. The Kier molecular flexibility index (Phi) is 5.29. The lowest BCUT2D eigenvalue weighted by Crippen LogP contribution is -2.46. The van der Waals surface area contributed by atoms with Gasteiger partial charge in [0.05, 0.1) is 4.47 Å². The standard InChI is InChI=1S/C12H14BrFN2O3/c1-6(2)10(11(17)18)16-12(19)15-7-3-4-8(13)9(14)5-7/h3-6,10H,1-2H3,(H,17,18)(H2,15,16,19)/t10-/m1/s1. The number of carbonyl (C=O) groups is 2. The molecule has 0 saturated heterocycles. The van der Waals surface area contributed by atoms with E-state index in [1.807, 2.05) is 0 Å². The molecule has 104 valence electrons. The number of carbonyl (C=O) groups excluding carboxylic acids is 1. The van der Waals surface area contributed by atoms with Crippen molar-refractivity contribution in [3.8, 4) is 0 Å². The molecule has 0 bridgehead atoms. The number of urea groups is 1. The Hall–Kier alpha value is -1.63. The summed E-state index contributed by atoms with van der Waals surface area (Å²) >= 11 is 2.99. The summed E-state index contributed by atoms with van der Waals surface area (Å²) in [5.41, 5.74) is 0.242. The molecule has 0 aliphatic heterocycles. The Bertz CT molecular complexity index is 494. The average molecular weight is 333 g/mol.